The summed E-state index contributed by atoms with van der Waals surface area (Å²) in [7, 11) is 0. The molecule has 9 heteroatoms. The van der Waals surface area contributed by atoms with Gasteiger partial charge in [0.05, 0.1) is 11.8 Å². The van der Waals surface area contributed by atoms with E-state index in [4.69, 9.17) is 0 Å². The van der Waals surface area contributed by atoms with Crippen LogP contribution in [-0.4, -0.2) is 45.8 Å². The van der Waals surface area contributed by atoms with Crippen LogP contribution in [-0.2, 0) is 19.3 Å². The number of halogens is 4. The van der Waals surface area contributed by atoms with Gasteiger partial charge in [0.25, 0.3) is 0 Å². The van der Waals surface area contributed by atoms with Crippen LogP contribution in [0.25, 0.3) is 11.1 Å². The standard InChI is InChI=1S/C22H24F3N5.ClH/c1-2-30-16-17(14-27-30)15-28-10-12-29(13-11-28)21-20(4-3-9-26-21)18-5-7-19(8-6-18)22(23,24)25;/h3-9,14,16H,2,10-13,15H2,1H3;1H. The maximum atomic E-state index is 12.9. The molecular weight excluding hydrogens is 427 g/mol. The molecule has 31 heavy (non-hydrogen) atoms. The summed E-state index contributed by atoms with van der Waals surface area (Å²) < 4.78 is 40.6. The summed E-state index contributed by atoms with van der Waals surface area (Å²) in [5, 5.41) is 4.33. The number of hydrogen-bond acceptors (Lipinski definition) is 4. The van der Waals surface area contributed by atoms with Crippen molar-refractivity contribution in [3.8, 4) is 11.1 Å². The van der Waals surface area contributed by atoms with Crippen LogP contribution in [0.5, 0.6) is 0 Å². The van der Waals surface area contributed by atoms with Crippen LogP contribution in [0, 0.1) is 0 Å². The van der Waals surface area contributed by atoms with Gasteiger partial charge in [-0.3, -0.25) is 9.58 Å². The molecule has 0 saturated carbocycles. The van der Waals surface area contributed by atoms with Crippen molar-refractivity contribution in [2.24, 2.45) is 0 Å². The highest BCUT2D eigenvalue weighted by molar-refractivity contribution is 5.85. The van der Waals surface area contributed by atoms with Gasteiger partial charge in [-0.15, -0.1) is 12.4 Å². The van der Waals surface area contributed by atoms with E-state index in [0.29, 0.717) is 0 Å². The Morgan fingerprint density at radius 1 is 1.00 bits per heavy atom. The molecule has 1 fully saturated rings. The van der Waals surface area contributed by atoms with Crippen molar-refractivity contribution in [3.63, 3.8) is 0 Å². The molecule has 1 saturated heterocycles. The Morgan fingerprint density at radius 2 is 1.71 bits per heavy atom. The summed E-state index contributed by atoms with van der Waals surface area (Å²) in [6, 6.07) is 9.02. The van der Waals surface area contributed by atoms with E-state index < -0.39 is 11.7 Å². The number of aromatic nitrogens is 3. The largest absolute Gasteiger partial charge is 0.416 e. The fraction of sp³-hybridized carbons (Fsp3) is 0.364. The topological polar surface area (TPSA) is 37.2 Å². The fourth-order valence-electron chi connectivity index (χ4n) is 3.75. The number of anilines is 1. The molecule has 1 aromatic carbocycles. The van der Waals surface area contributed by atoms with Crippen LogP contribution in [0.15, 0.2) is 55.0 Å². The fourth-order valence-corrected chi connectivity index (χ4v) is 3.75. The summed E-state index contributed by atoms with van der Waals surface area (Å²) >= 11 is 0. The van der Waals surface area contributed by atoms with Crippen LogP contribution in [0.1, 0.15) is 18.1 Å². The van der Waals surface area contributed by atoms with Gasteiger partial charge >= 0.3 is 6.18 Å². The van der Waals surface area contributed by atoms with Gasteiger partial charge < -0.3 is 4.90 Å². The van der Waals surface area contributed by atoms with Gasteiger partial charge in [-0.2, -0.15) is 18.3 Å². The molecule has 0 N–H and O–H groups in total. The number of hydrogen-bond donors (Lipinski definition) is 0. The monoisotopic (exact) mass is 451 g/mol. The number of rotatable bonds is 5. The third-order valence-electron chi connectivity index (χ3n) is 5.40. The van der Waals surface area contributed by atoms with Crippen LogP contribution in [0.4, 0.5) is 19.0 Å². The first-order valence-corrected chi connectivity index (χ1v) is 10.1. The molecule has 1 aliphatic rings. The minimum absolute atomic E-state index is 0. The molecule has 1 aliphatic heterocycles. The van der Waals surface area contributed by atoms with Gasteiger partial charge in [0.1, 0.15) is 5.82 Å². The van der Waals surface area contributed by atoms with Gasteiger partial charge in [0, 0.05) is 62.8 Å². The smallest absolute Gasteiger partial charge is 0.354 e. The highest BCUT2D eigenvalue weighted by Crippen LogP contribution is 2.33. The Kier molecular flexibility index (Phi) is 7.23. The van der Waals surface area contributed by atoms with Crippen molar-refractivity contribution < 1.29 is 13.2 Å². The number of aryl methyl sites for hydroxylation is 1. The number of benzene rings is 1. The Balaban J connectivity index is 0.00000272. The van der Waals surface area contributed by atoms with Crippen LogP contribution in [0.2, 0.25) is 0 Å². The second-order valence-electron chi connectivity index (χ2n) is 7.42. The van der Waals surface area contributed by atoms with Gasteiger partial charge in [-0.1, -0.05) is 12.1 Å². The van der Waals surface area contributed by atoms with Gasteiger partial charge in [0.2, 0.25) is 0 Å². The zero-order valence-corrected chi connectivity index (χ0v) is 18.0. The van der Waals surface area contributed by atoms with Crippen LogP contribution >= 0.6 is 12.4 Å². The predicted molar refractivity (Wildman–Crippen MR) is 117 cm³/mol. The molecule has 0 aliphatic carbocycles. The van der Waals surface area contributed by atoms with E-state index in [0.717, 1.165) is 68.3 Å². The Morgan fingerprint density at radius 3 is 2.32 bits per heavy atom. The SMILES string of the molecule is CCn1cc(CN2CCN(c3ncccc3-c3ccc(C(F)(F)F)cc3)CC2)cn1.Cl. The molecule has 5 nitrogen and oxygen atoms in total. The minimum atomic E-state index is -4.33. The number of pyridine rings is 1. The van der Waals surface area contributed by atoms with Crippen molar-refractivity contribution in [2.45, 2.75) is 26.2 Å². The maximum Gasteiger partial charge on any atom is 0.416 e. The van der Waals surface area contributed by atoms with Crippen LogP contribution in [0.3, 0.4) is 0 Å². The lowest BCUT2D eigenvalue weighted by Crippen LogP contribution is -2.46. The van der Waals surface area contributed by atoms with Crippen molar-refractivity contribution in [3.05, 3.63) is 66.1 Å². The Hall–Kier alpha value is -2.58. The lowest BCUT2D eigenvalue weighted by Gasteiger charge is -2.36. The van der Waals surface area contributed by atoms with E-state index in [2.05, 4.69) is 33.0 Å². The molecule has 2 aromatic heterocycles. The summed E-state index contributed by atoms with van der Waals surface area (Å²) in [5.41, 5.74) is 2.15. The molecule has 4 rings (SSSR count). The summed E-state index contributed by atoms with van der Waals surface area (Å²) in [5.74, 6) is 0.815. The van der Waals surface area contributed by atoms with Gasteiger partial charge in [0.15, 0.2) is 0 Å². The van der Waals surface area contributed by atoms with E-state index in [1.807, 2.05) is 23.0 Å². The first-order valence-electron chi connectivity index (χ1n) is 10.1. The zero-order valence-electron chi connectivity index (χ0n) is 17.2. The highest BCUT2D eigenvalue weighted by atomic mass is 35.5. The molecular formula is C22H25ClF3N5. The maximum absolute atomic E-state index is 12.9. The molecule has 0 spiro atoms. The van der Waals surface area contributed by atoms with E-state index in [-0.39, 0.29) is 12.4 Å². The van der Waals surface area contributed by atoms with E-state index in [1.165, 1.54) is 17.7 Å². The second kappa shape index (κ2) is 9.70. The number of nitrogens with zero attached hydrogens (tertiary/aromatic N) is 5. The second-order valence-corrected chi connectivity index (χ2v) is 7.42. The number of piperazine rings is 1. The number of alkyl halides is 3. The van der Waals surface area contributed by atoms with Crippen molar-refractivity contribution in [1.82, 2.24) is 19.7 Å². The molecule has 3 aromatic rings. The quantitative estimate of drug-likeness (QED) is 0.562. The zero-order chi connectivity index (χ0) is 21.1. The Bertz CT molecular complexity index is 979. The average Bonchev–Trinajstić information content (AvgIpc) is 3.21. The summed E-state index contributed by atoms with van der Waals surface area (Å²) in [6.07, 6.45) is 1.39. The molecule has 0 amide bonds. The van der Waals surface area contributed by atoms with Crippen molar-refractivity contribution >= 4 is 18.2 Å². The third kappa shape index (κ3) is 5.37. The minimum Gasteiger partial charge on any atom is -0.354 e. The molecule has 166 valence electrons. The van der Waals surface area contributed by atoms with E-state index >= 15 is 0 Å². The molecule has 0 unspecified atom stereocenters. The third-order valence-corrected chi connectivity index (χ3v) is 5.40. The summed E-state index contributed by atoms with van der Waals surface area (Å²) in [4.78, 5) is 9.14. The van der Waals surface area contributed by atoms with Gasteiger partial charge in [-0.25, -0.2) is 4.98 Å². The van der Waals surface area contributed by atoms with Crippen molar-refractivity contribution in [2.75, 3.05) is 31.1 Å². The molecule has 0 bridgehead atoms. The van der Waals surface area contributed by atoms with Gasteiger partial charge in [-0.05, 0) is 36.8 Å². The lowest BCUT2D eigenvalue weighted by molar-refractivity contribution is -0.137. The lowest BCUT2D eigenvalue weighted by atomic mass is 10.0. The average molecular weight is 452 g/mol. The molecule has 0 atom stereocenters. The first kappa shape index (κ1) is 23.1. The molecule has 3 heterocycles. The van der Waals surface area contributed by atoms with E-state index in [1.54, 1.807) is 6.20 Å². The first-order chi connectivity index (χ1) is 14.4. The highest BCUT2D eigenvalue weighted by Gasteiger charge is 2.30. The van der Waals surface area contributed by atoms with Crippen molar-refractivity contribution in [1.29, 1.82) is 0 Å². The molecule has 0 radical (unpaired) electrons. The normalized spacial score (nSPS) is 15.0. The predicted octanol–water partition coefficient (Wildman–Crippen LogP) is 4.73. The summed E-state index contributed by atoms with van der Waals surface area (Å²) in [6.45, 7) is 7.19. The van der Waals surface area contributed by atoms with E-state index in [9.17, 15) is 13.2 Å². The van der Waals surface area contributed by atoms with Crippen LogP contribution < -0.4 is 4.90 Å². The Labute approximate surface area is 185 Å².